The van der Waals surface area contributed by atoms with Gasteiger partial charge in [-0.25, -0.2) is 4.79 Å². The molecule has 1 fully saturated rings. The third-order valence-corrected chi connectivity index (χ3v) is 6.93. The Kier molecular flexibility index (Phi) is 7.10. The fourth-order valence-corrected chi connectivity index (χ4v) is 5.19. The van der Waals surface area contributed by atoms with E-state index in [1.54, 1.807) is 12.1 Å². The minimum Gasteiger partial charge on any atom is -0.326 e. The summed E-state index contributed by atoms with van der Waals surface area (Å²) in [7, 11) is 0. The summed E-state index contributed by atoms with van der Waals surface area (Å²) < 4.78 is 1.85. The Morgan fingerprint density at radius 2 is 1.74 bits per heavy atom. The van der Waals surface area contributed by atoms with Crippen LogP contribution >= 0.6 is 0 Å². The zero-order valence-corrected chi connectivity index (χ0v) is 20.6. The van der Waals surface area contributed by atoms with Crippen molar-refractivity contribution < 1.29 is 9.59 Å². The number of fused-ring (bicyclic) bond motifs is 4. The van der Waals surface area contributed by atoms with E-state index in [0.29, 0.717) is 32.0 Å². The number of pyridine rings is 1. The highest BCUT2D eigenvalue weighted by molar-refractivity contribution is 5.97. The van der Waals surface area contributed by atoms with Crippen LogP contribution in [0.2, 0.25) is 0 Å². The topological polar surface area (TPSA) is 83.4 Å². The monoisotopic (exact) mass is 464 g/mol. The summed E-state index contributed by atoms with van der Waals surface area (Å²) in [6.07, 6.45) is 1.54. The second-order valence-corrected chi connectivity index (χ2v) is 10.5. The van der Waals surface area contributed by atoms with Crippen LogP contribution in [0, 0.1) is 11.8 Å². The molecule has 182 valence electrons. The molecule has 0 aliphatic carbocycles. The fraction of sp³-hybridized carbons (Fsp3) is 0.519. The second kappa shape index (κ2) is 10.0. The van der Waals surface area contributed by atoms with Crippen molar-refractivity contribution in [3.63, 3.8) is 0 Å². The van der Waals surface area contributed by atoms with Crippen LogP contribution in [0.4, 0.5) is 10.5 Å². The number of rotatable bonds is 6. The van der Waals surface area contributed by atoms with Gasteiger partial charge in [-0.15, -0.1) is 0 Å². The molecule has 3 unspecified atom stereocenters. The van der Waals surface area contributed by atoms with Gasteiger partial charge in [0.25, 0.3) is 5.56 Å². The molecule has 0 saturated carbocycles. The largest absolute Gasteiger partial charge is 0.326 e. The number of benzene rings is 1. The summed E-state index contributed by atoms with van der Waals surface area (Å²) in [5.74, 6) is 0.859. The summed E-state index contributed by atoms with van der Waals surface area (Å²) >= 11 is 0. The molecule has 0 spiro atoms. The first-order chi connectivity index (χ1) is 16.2. The molecule has 3 atom stereocenters. The number of nitrogens with zero attached hydrogens (tertiary/aromatic N) is 2. The molecule has 7 heteroatoms. The molecular formula is C27H36N4O3. The van der Waals surface area contributed by atoms with Gasteiger partial charge in [-0.05, 0) is 54.4 Å². The molecule has 3 amide bonds. The summed E-state index contributed by atoms with van der Waals surface area (Å²) in [4.78, 5) is 40.4. The number of nitrogens with one attached hydrogen (secondary N) is 2. The van der Waals surface area contributed by atoms with Crippen LogP contribution in [0.3, 0.4) is 0 Å². The second-order valence-electron chi connectivity index (χ2n) is 10.5. The summed E-state index contributed by atoms with van der Waals surface area (Å²) in [6.45, 7) is 10.1. The smallest absolute Gasteiger partial charge is 0.318 e. The lowest BCUT2D eigenvalue weighted by Gasteiger charge is -2.43. The van der Waals surface area contributed by atoms with Crippen LogP contribution < -0.4 is 16.2 Å². The maximum atomic E-state index is 13.2. The van der Waals surface area contributed by atoms with Crippen molar-refractivity contribution in [2.24, 2.45) is 11.8 Å². The number of anilines is 1. The van der Waals surface area contributed by atoms with Crippen LogP contribution in [-0.2, 0) is 11.3 Å². The minimum absolute atomic E-state index is 0.0280. The van der Waals surface area contributed by atoms with Gasteiger partial charge in [0.2, 0.25) is 5.91 Å². The predicted octanol–water partition coefficient (Wildman–Crippen LogP) is 4.15. The van der Waals surface area contributed by atoms with Crippen molar-refractivity contribution in [1.82, 2.24) is 14.8 Å². The molecule has 1 aromatic heterocycles. The number of aromatic nitrogens is 1. The van der Waals surface area contributed by atoms with E-state index < -0.39 is 6.04 Å². The maximum Gasteiger partial charge on any atom is 0.318 e. The van der Waals surface area contributed by atoms with Crippen molar-refractivity contribution in [2.45, 2.75) is 65.0 Å². The lowest BCUT2D eigenvalue weighted by molar-refractivity contribution is -0.118. The van der Waals surface area contributed by atoms with Crippen LogP contribution in [0.1, 0.15) is 63.6 Å². The van der Waals surface area contributed by atoms with Crippen molar-refractivity contribution in [3.05, 3.63) is 64.1 Å². The standard InChI is InChI=1S/C27H36N4O3/c1-17(2)12-23(26(33)28-22-10-8-20(9-11-22)18(3)4)29-27(34)30-14-19-13-21(16-30)24-6-5-7-25(32)31(24)15-19/h5-11,17-19,21,23H,12-16H2,1-4H3,(H,28,33)(H,29,34). The van der Waals surface area contributed by atoms with Gasteiger partial charge in [0, 0.05) is 43.0 Å². The first-order valence-corrected chi connectivity index (χ1v) is 12.4. The number of piperidine rings is 1. The molecule has 2 N–H and O–H groups in total. The Morgan fingerprint density at radius 3 is 2.41 bits per heavy atom. The van der Waals surface area contributed by atoms with E-state index in [0.717, 1.165) is 17.8 Å². The molecule has 34 heavy (non-hydrogen) atoms. The zero-order valence-electron chi connectivity index (χ0n) is 20.6. The normalized spacial score (nSPS) is 20.1. The van der Waals surface area contributed by atoms with Crippen molar-refractivity contribution in [1.29, 1.82) is 0 Å². The van der Waals surface area contributed by atoms with Crippen LogP contribution in [-0.4, -0.2) is 40.5 Å². The van der Waals surface area contributed by atoms with E-state index in [9.17, 15) is 14.4 Å². The van der Waals surface area contributed by atoms with Gasteiger partial charge in [-0.2, -0.15) is 0 Å². The molecule has 4 rings (SSSR count). The van der Waals surface area contributed by atoms with Gasteiger partial charge in [0.1, 0.15) is 6.04 Å². The lowest BCUT2D eigenvalue weighted by atomic mass is 9.83. The Labute approximate surface area is 201 Å². The van der Waals surface area contributed by atoms with E-state index in [-0.39, 0.29) is 35.3 Å². The molecule has 2 aliphatic rings. The number of likely N-dealkylation sites (tertiary alicyclic amines) is 1. The molecule has 0 radical (unpaired) electrons. The maximum absolute atomic E-state index is 13.2. The number of urea groups is 1. The number of amides is 3. The molecule has 1 aromatic carbocycles. The fourth-order valence-electron chi connectivity index (χ4n) is 5.19. The molecule has 1 saturated heterocycles. The van der Waals surface area contributed by atoms with E-state index >= 15 is 0 Å². The predicted molar refractivity (Wildman–Crippen MR) is 134 cm³/mol. The highest BCUT2D eigenvalue weighted by Gasteiger charge is 2.37. The molecule has 7 nitrogen and oxygen atoms in total. The number of hydrogen-bond acceptors (Lipinski definition) is 3. The van der Waals surface area contributed by atoms with Gasteiger partial charge in [-0.1, -0.05) is 45.9 Å². The Bertz CT molecular complexity index is 1090. The van der Waals surface area contributed by atoms with Gasteiger partial charge in [0.15, 0.2) is 0 Å². The third kappa shape index (κ3) is 5.34. The number of hydrogen-bond donors (Lipinski definition) is 2. The molecule has 3 heterocycles. The average molecular weight is 465 g/mol. The van der Waals surface area contributed by atoms with Gasteiger partial charge < -0.3 is 20.1 Å². The van der Waals surface area contributed by atoms with Gasteiger partial charge in [0.05, 0.1) is 0 Å². The molecule has 2 aliphatic heterocycles. The SMILES string of the molecule is CC(C)CC(NC(=O)N1CC2CC(C1)c1cccc(=O)n1C2)C(=O)Nc1ccc(C(C)C)cc1. The number of carbonyl (C=O) groups is 2. The summed E-state index contributed by atoms with van der Waals surface area (Å²) in [6, 6.07) is 12.4. The summed E-state index contributed by atoms with van der Waals surface area (Å²) in [5, 5.41) is 5.97. The van der Waals surface area contributed by atoms with E-state index in [1.807, 2.05) is 53.6 Å². The Morgan fingerprint density at radius 1 is 1.00 bits per heavy atom. The van der Waals surface area contributed by atoms with Crippen molar-refractivity contribution in [2.75, 3.05) is 18.4 Å². The quantitative estimate of drug-likeness (QED) is 0.674. The molecule has 2 aromatic rings. The molecule has 2 bridgehead atoms. The summed E-state index contributed by atoms with van der Waals surface area (Å²) in [5.41, 5.74) is 2.97. The van der Waals surface area contributed by atoms with Gasteiger partial charge >= 0.3 is 6.03 Å². The zero-order chi connectivity index (χ0) is 24.4. The van der Waals surface area contributed by atoms with Crippen LogP contribution in [0.25, 0.3) is 0 Å². The van der Waals surface area contributed by atoms with Crippen LogP contribution in [0.15, 0.2) is 47.3 Å². The van der Waals surface area contributed by atoms with Crippen molar-refractivity contribution >= 4 is 17.6 Å². The first kappa shape index (κ1) is 24.0. The highest BCUT2D eigenvalue weighted by Crippen LogP contribution is 2.35. The van der Waals surface area contributed by atoms with E-state index in [4.69, 9.17) is 0 Å². The molecular weight excluding hydrogens is 428 g/mol. The van der Waals surface area contributed by atoms with Gasteiger partial charge in [-0.3, -0.25) is 9.59 Å². The first-order valence-electron chi connectivity index (χ1n) is 12.4. The average Bonchev–Trinajstić information content (AvgIpc) is 2.79. The highest BCUT2D eigenvalue weighted by atomic mass is 16.2. The Balaban J connectivity index is 1.43. The lowest BCUT2D eigenvalue weighted by Crippen LogP contribution is -2.55. The third-order valence-electron chi connectivity index (χ3n) is 6.93. The van der Waals surface area contributed by atoms with E-state index in [2.05, 4.69) is 24.5 Å². The minimum atomic E-state index is -0.617. The Hall–Kier alpha value is -3.09. The number of carbonyl (C=O) groups excluding carboxylic acids is 2. The van der Waals surface area contributed by atoms with Crippen molar-refractivity contribution in [3.8, 4) is 0 Å². The van der Waals surface area contributed by atoms with E-state index in [1.165, 1.54) is 5.56 Å². The van der Waals surface area contributed by atoms with Crippen LogP contribution in [0.5, 0.6) is 0 Å².